The molecular formula is C10H17NO3. The minimum absolute atomic E-state index is 0.387. The fraction of sp³-hybridized carbons (Fsp3) is 0.600. The Bertz CT molecular complexity index is 227. The monoisotopic (exact) mass is 199 g/mol. The maximum atomic E-state index is 11.1. The molecule has 0 fully saturated rings. The Morgan fingerprint density at radius 2 is 2.21 bits per heavy atom. The lowest BCUT2D eigenvalue weighted by atomic mass is 9.94. The van der Waals surface area contributed by atoms with Crippen LogP contribution >= 0.6 is 0 Å². The summed E-state index contributed by atoms with van der Waals surface area (Å²) in [6.45, 7) is 7.23. The molecule has 0 aromatic carbocycles. The predicted molar refractivity (Wildman–Crippen MR) is 53.9 cm³/mol. The van der Waals surface area contributed by atoms with E-state index < -0.39 is 11.5 Å². The molecule has 0 bridgehead atoms. The largest absolute Gasteiger partial charge is 0.480 e. The molecule has 0 heterocycles. The summed E-state index contributed by atoms with van der Waals surface area (Å²) in [5.41, 5.74) is -1.12. The number of carbonyl (C=O) groups excluding carboxylic acids is 1. The smallest absolute Gasteiger partial charge is 0.329 e. The van der Waals surface area contributed by atoms with Gasteiger partial charge in [0.05, 0.1) is 0 Å². The Labute approximate surface area is 84.2 Å². The molecular weight excluding hydrogens is 182 g/mol. The predicted octanol–water partition coefficient (Wildman–Crippen LogP) is 1.27. The van der Waals surface area contributed by atoms with E-state index in [1.807, 2.05) is 0 Å². The van der Waals surface area contributed by atoms with Crippen LogP contribution in [0.1, 0.15) is 26.7 Å². The van der Waals surface area contributed by atoms with Crippen LogP contribution in [0.3, 0.4) is 0 Å². The topological polar surface area (TPSA) is 57.6 Å². The third-order valence-corrected chi connectivity index (χ3v) is 2.40. The first kappa shape index (κ1) is 12.7. The van der Waals surface area contributed by atoms with Crippen molar-refractivity contribution in [2.45, 2.75) is 32.2 Å². The molecule has 1 N–H and O–H groups in total. The summed E-state index contributed by atoms with van der Waals surface area (Å²) >= 11 is 0. The second-order valence-electron chi connectivity index (χ2n) is 3.30. The van der Waals surface area contributed by atoms with E-state index in [4.69, 9.17) is 5.11 Å². The molecule has 0 saturated carbocycles. The van der Waals surface area contributed by atoms with Crippen molar-refractivity contribution in [1.82, 2.24) is 4.90 Å². The van der Waals surface area contributed by atoms with Crippen LogP contribution in [0.15, 0.2) is 12.7 Å². The average Bonchev–Trinajstić information content (AvgIpc) is 2.16. The van der Waals surface area contributed by atoms with Crippen LogP contribution in [0.25, 0.3) is 0 Å². The highest BCUT2D eigenvalue weighted by atomic mass is 16.4. The van der Waals surface area contributed by atoms with Gasteiger partial charge in [0.1, 0.15) is 5.54 Å². The normalized spacial score (nSPS) is 14.1. The Kier molecular flexibility index (Phi) is 4.91. The first-order chi connectivity index (χ1) is 6.52. The highest BCUT2D eigenvalue weighted by Crippen LogP contribution is 2.20. The number of carboxylic acid groups (broad SMARTS) is 1. The molecule has 0 aliphatic carbocycles. The lowest BCUT2D eigenvalue weighted by Crippen LogP contribution is -2.51. The van der Waals surface area contributed by atoms with Crippen LogP contribution in [-0.2, 0) is 9.59 Å². The zero-order chi connectivity index (χ0) is 11.2. The van der Waals surface area contributed by atoms with Gasteiger partial charge in [-0.3, -0.25) is 4.79 Å². The molecule has 1 atom stereocenters. The number of allylic oxidation sites excluding steroid dienone is 1. The van der Waals surface area contributed by atoms with Crippen LogP contribution in [0, 0.1) is 0 Å². The average molecular weight is 199 g/mol. The van der Waals surface area contributed by atoms with Crippen LogP contribution in [0.4, 0.5) is 0 Å². The fourth-order valence-electron chi connectivity index (χ4n) is 1.30. The maximum absolute atomic E-state index is 11.1. The Morgan fingerprint density at radius 1 is 1.64 bits per heavy atom. The van der Waals surface area contributed by atoms with Gasteiger partial charge in [0, 0.05) is 6.54 Å². The quantitative estimate of drug-likeness (QED) is 0.496. The van der Waals surface area contributed by atoms with Gasteiger partial charge in [-0.25, -0.2) is 4.79 Å². The molecule has 0 saturated heterocycles. The summed E-state index contributed by atoms with van der Waals surface area (Å²) < 4.78 is 0. The molecule has 1 unspecified atom stereocenters. The summed E-state index contributed by atoms with van der Waals surface area (Å²) in [5.74, 6) is -0.978. The molecule has 80 valence electrons. The van der Waals surface area contributed by atoms with Crippen LogP contribution in [0.5, 0.6) is 0 Å². The molecule has 0 rings (SSSR count). The summed E-state index contributed by atoms with van der Waals surface area (Å²) in [6.07, 6.45) is 3.20. The van der Waals surface area contributed by atoms with Gasteiger partial charge < -0.3 is 10.0 Å². The molecule has 0 aliphatic heterocycles. The summed E-state index contributed by atoms with van der Waals surface area (Å²) in [5, 5.41) is 9.06. The zero-order valence-corrected chi connectivity index (χ0v) is 8.69. The SMILES string of the molecule is C=CCCC(C)(C(=O)O)N(C=O)CC. The standard InChI is InChI=1S/C10H17NO3/c1-4-6-7-10(3,9(13)14)11(5-2)8-12/h4,8H,1,5-7H2,2-3H3,(H,13,14). The minimum atomic E-state index is -1.12. The minimum Gasteiger partial charge on any atom is -0.480 e. The molecule has 4 heteroatoms. The number of carboxylic acids is 1. The first-order valence-corrected chi connectivity index (χ1v) is 4.59. The molecule has 0 spiro atoms. The molecule has 0 aromatic rings. The number of amides is 1. The molecule has 0 aliphatic rings. The fourth-order valence-corrected chi connectivity index (χ4v) is 1.30. The second-order valence-corrected chi connectivity index (χ2v) is 3.30. The highest BCUT2D eigenvalue weighted by molar-refractivity contribution is 5.80. The third-order valence-electron chi connectivity index (χ3n) is 2.40. The van der Waals surface area contributed by atoms with Gasteiger partial charge >= 0.3 is 5.97 Å². The van der Waals surface area contributed by atoms with Crippen LogP contribution < -0.4 is 0 Å². The lowest BCUT2D eigenvalue weighted by Gasteiger charge is -2.34. The van der Waals surface area contributed by atoms with E-state index in [0.717, 1.165) is 0 Å². The van der Waals surface area contributed by atoms with E-state index in [1.165, 1.54) is 4.90 Å². The van der Waals surface area contributed by atoms with Crippen molar-refractivity contribution in [3.8, 4) is 0 Å². The molecule has 0 radical (unpaired) electrons. The van der Waals surface area contributed by atoms with Gasteiger partial charge in [-0.15, -0.1) is 6.58 Å². The van der Waals surface area contributed by atoms with Crippen molar-refractivity contribution in [3.63, 3.8) is 0 Å². The molecule has 0 aromatic heterocycles. The third kappa shape index (κ3) is 2.58. The van der Waals surface area contributed by atoms with Gasteiger partial charge in [-0.2, -0.15) is 0 Å². The Balaban J connectivity index is 4.76. The van der Waals surface area contributed by atoms with E-state index >= 15 is 0 Å². The highest BCUT2D eigenvalue weighted by Gasteiger charge is 2.37. The van der Waals surface area contributed by atoms with E-state index in [0.29, 0.717) is 25.8 Å². The van der Waals surface area contributed by atoms with Crippen molar-refractivity contribution in [2.75, 3.05) is 6.54 Å². The van der Waals surface area contributed by atoms with Gasteiger partial charge in [-0.05, 0) is 26.7 Å². The molecule has 4 nitrogen and oxygen atoms in total. The van der Waals surface area contributed by atoms with Crippen molar-refractivity contribution >= 4 is 12.4 Å². The van der Waals surface area contributed by atoms with Gasteiger partial charge in [-0.1, -0.05) is 6.08 Å². The number of hydrogen-bond acceptors (Lipinski definition) is 2. The summed E-state index contributed by atoms with van der Waals surface area (Å²) in [4.78, 5) is 23.0. The lowest BCUT2D eigenvalue weighted by molar-refractivity contribution is -0.154. The number of nitrogens with zero attached hydrogens (tertiary/aromatic N) is 1. The Hall–Kier alpha value is -1.32. The van der Waals surface area contributed by atoms with Crippen molar-refractivity contribution in [1.29, 1.82) is 0 Å². The number of hydrogen-bond donors (Lipinski definition) is 1. The van der Waals surface area contributed by atoms with Crippen molar-refractivity contribution in [2.24, 2.45) is 0 Å². The van der Waals surface area contributed by atoms with Crippen LogP contribution in [0.2, 0.25) is 0 Å². The van der Waals surface area contributed by atoms with Gasteiger partial charge in [0.25, 0.3) is 0 Å². The summed E-state index contributed by atoms with van der Waals surface area (Å²) in [7, 11) is 0. The molecule has 1 amide bonds. The summed E-state index contributed by atoms with van der Waals surface area (Å²) in [6, 6.07) is 0. The van der Waals surface area contributed by atoms with E-state index in [-0.39, 0.29) is 0 Å². The van der Waals surface area contributed by atoms with Crippen LogP contribution in [-0.4, -0.2) is 34.5 Å². The number of likely N-dealkylation sites (N-methyl/N-ethyl adjacent to an activating group) is 1. The van der Waals surface area contributed by atoms with Gasteiger partial charge in [0.2, 0.25) is 6.41 Å². The van der Waals surface area contributed by atoms with E-state index in [9.17, 15) is 9.59 Å². The second kappa shape index (κ2) is 5.42. The number of aliphatic carboxylic acids is 1. The first-order valence-electron chi connectivity index (χ1n) is 4.59. The van der Waals surface area contributed by atoms with Crippen molar-refractivity contribution in [3.05, 3.63) is 12.7 Å². The maximum Gasteiger partial charge on any atom is 0.329 e. The molecule has 14 heavy (non-hydrogen) atoms. The van der Waals surface area contributed by atoms with Gasteiger partial charge in [0.15, 0.2) is 0 Å². The zero-order valence-electron chi connectivity index (χ0n) is 8.69. The number of rotatable bonds is 7. The van der Waals surface area contributed by atoms with E-state index in [1.54, 1.807) is 19.9 Å². The number of carbonyl (C=O) groups is 2. The van der Waals surface area contributed by atoms with E-state index in [2.05, 4.69) is 6.58 Å². The Morgan fingerprint density at radius 3 is 2.50 bits per heavy atom. The van der Waals surface area contributed by atoms with Crippen molar-refractivity contribution < 1.29 is 14.7 Å².